The molecule has 0 saturated carbocycles. The van der Waals surface area contributed by atoms with Crippen molar-refractivity contribution in [2.75, 3.05) is 37.7 Å². The highest BCUT2D eigenvalue weighted by Gasteiger charge is 2.45. The third-order valence-corrected chi connectivity index (χ3v) is 6.59. The quantitative estimate of drug-likeness (QED) is 0.360. The molecular weight excluding hydrogens is 509 g/mol. The first kappa shape index (κ1) is 25.4. The van der Waals surface area contributed by atoms with Crippen LogP contribution < -0.4 is 9.64 Å². The maximum atomic E-state index is 13.5. The van der Waals surface area contributed by atoms with Gasteiger partial charge in [-0.3, -0.25) is 9.80 Å². The summed E-state index contributed by atoms with van der Waals surface area (Å²) in [6.45, 7) is 2.78. The van der Waals surface area contributed by atoms with E-state index in [0.29, 0.717) is 60.6 Å². The number of nitrogens with zero attached hydrogens (tertiary/aromatic N) is 2. The second kappa shape index (κ2) is 10.6. The molecule has 0 aromatic heterocycles. The number of alkyl halides is 3. The molecule has 3 aromatic rings. The Morgan fingerprint density at radius 3 is 2.24 bits per heavy atom. The number of rotatable bonds is 6. The van der Waals surface area contributed by atoms with Crippen molar-refractivity contribution in [2.45, 2.75) is 18.3 Å². The lowest BCUT2D eigenvalue weighted by Gasteiger charge is -2.31. The largest absolute Gasteiger partial charge is 0.457 e. The van der Waals surface area contributed by atoms with Crippen molar-refractivity contribution in [2.24, 2.45) is 0 Å². The second-order valence-electron chi connectivity index (χ2n) is 8.82. The number of carbonyl (C=O) groups is 1. The molecule has 3 aromatic carbocycles. The molecular formula is C27H24ClF3N2O4. The molecule has 10 heteroatoms. The molecule has 0 N–H and O–H groups in total. The molecule has 194 valence electrons. The topological polar surface area (TPSA) is 51.2 Å². The van der Waals surface area contributed by atoms with E-state index in [1.54, 1.807) is 54.6 Å². The highest BCUT2D eigenvalue weighted by molar-refractivity contribution is 6.30. The zero-order valence-corrected chi connectivity index (χ0v) is 20.4. The molecule has 5 rings (SSSR count). The fourth-order valence-corrected chi connectivity index (χ4v) is 4.67. The van der Waals surface area contributed by atoms with Crippen LogP contribution in [0.25, 0.3) is 0 Å². The van der Waals surface area contributed by atoms with Crippen LogP contribution in [-0.4, -0.2) is 49.9 Å². The Morgan fingerprint density at radius 1 is 0.946 bits per heavy atom. The fourth-order valence-electron chi connectivity index (χ4n) is 4.55. The van der Waals surface area contributed by atoms with E-state index in [1.165, 1.54) is 11.0 Å². The Morgan fingerprint density at radius 2 is 1.59 bits per heavy atom. The fraction of sp³-hybridized carbons (Fsp3) is 0.296. The first-order chi connectivity index (χ1) is 17.8. The van der Waals surface area contributed by atoms with E-state index in [4.69, 9.17) is 25.8 Å². The van der Waals surface area contributed by atoms with Crippen LogP contribution in [0.15, 0.2) is 72.8 Å². The first-order valence-corrected chi connectivity index (χ1v) is 12.2. The summed E-state index contributed by atoms with van der Waals surface area (Å²) in [4.78, 5) is 16.6. The van der Waals surface area contributed by atoms with Gasteiger partial charge in [0.2, 0.25) is 0 Å². The number of amides is 1. The van der Waals surface area contributed by atoms with Crippen LogP contribution in [0.5, 0.6) is 11.5 Å². The Balaban J connectivity index is 1.44. The molecule has 1 amide bonds. The standard InChI is InChI=1S/C27H24ClF3N2O4/c28-20-4-8-22(9-5-20)36-23-10-6-21(7-11-23)33-25(18-2-1-3-19(16-18)27(29,30)31)24(37-26(33)34)17-32-12-14-35-15-13-32/h1-11,16,24-25H,12-15,17H2/t24-,25-/m0/s1. The van der Waals surface area contributed by atoms with E-state index in [-0.39, 0.29) is 0 Å². The minimum Gasteiger partial charge on any atom is -0.457 e. The van der Waals surface area contributed by atoms with Crippen molar-refractivity contribution in [3.8, 4) is 11.5 Å². The van der Waals surface area contributed by atoms with Crippen molar-refractivity contribution in [3.63, 3.8) is 0 Å². The van der Waals surface area contributed by atoms with E-state index in [9.17, 15) is 18.0 Å². The summed E-state index contributed by atoms with van der Waals surface area (Å²) in [6.07, 6.45) is -5.80. The van der Waals surface area contributed by atoms with E-state index >= 15 is 0 Å². The van der Waals surface area contributed by atoms with Crippen LogP contribution >= 0.6 is 11.6 Å². The number of ether oxygens (including phenoxy) is 3. The third-order valence-electron chi connectivity index (χ3n) is 6.34. The second-order valence-corrected chi connectivity index (χ2v) is 9.26. The van der Waals surface area contributed by atoms with Crippen LogP contribution in [0.1, 0.15) is 17.2 Å². The average Bonchev–Trinajstić information content (AvgIpc) is 3.21. The number of halogens is 4. The van der Waals surface area contributed by atoms with Gasteiger partial charge in [0, 0.05) is 30.3 Å². The summed E-state index contributed by atoms with van der Waals surface area (Å²) in [7, 11) is 0. The molecule has 2 aliphatic heterocycles. The maximum Gasteiger partial charge on any atom is 0.416 e. The van der Waals surface area contributed by atoms with Gasteiger partial charge in [0.15, 0.2) is 0 Å². The molecule has 0 aliphatic carbocycles. The van der Waals surface area contributed by atoms with Crippen LogP contribution in [0, 0.1) is 0 Å². The summed E-state index contributed by atoms with van der Waals surface area (Å²) < 4.78 is 57.5. The number of cyclic esters (lactones) is 1. The van der Waals surface area contributed by atoms with Gasteiger partial charge in [-0.2, -0.15) is 13.2 Å². The van der Waals surface area contributed by atoms with E-state index in [1.807, 2.05) is 0 Å². The Kier molecular flexibility index (Phi) is 7.28. The highest BCUT2D eigenvalue weighted by atomic mass is 35.5. The van der Waals surface area contributed by atoms with Crippen LogP contribution in [-0.2, 0) is 15.7 Å². The van der Waals surface area contributed by atoms with Crippen molar-refractivity contribution < 1.29 is 32.2 Å². The summed E-state index contributed by atoms with van der Waals surface area (Å²) in [5.41, 5.74) is 0.0573. The molecule has 2 atom stereocenters. The SMILES string of the molecule is O=C1O[C@@H](CN2CCOCC2)[C@H](c2cccc(C(F)(F)F)c2)N1c1ccc(Oc2ccc(Cl)cc2)cc1. The lowest BCUT2D eigenvalue weighted by atomic mass is 9.97. The van der Waals surface area contributed by atoms with Gasteiger partial charge in [-0.25, -0.2) is 4.79 Å². The number of hydrogen-bond donors (Lipinski definition) is 0. The van der Waals surface area contributed by atoms with Crippen LogP contribution in [0.2, 0.25) is 5.02 Å². The van der Waals surface area contributed by atoms with Gasteiger partial charge >= 0.3 is 12.3 Å². The highest BCUT2D eigenvalue weighted by Crippen LogP contribution is 2.40. The van der Waals surface area contributed by atoms with Gasteiger partial charge in [0.05, 0.1) is 18.8 Å². The zero-order valence-electron chi connectivity index (χ0n) is 19.7. The molecule has 0 bridgehead atoms. The van der Waals surface area contributed by atoms with Gasteiger partial charge in [-0.05, 0) is 66.2 Å². The minimum atomic E-state index is -4.51. The van der Waals surface area contributed by atoms with Crippen molar-refractivity contribution >= 4 is 23.4 Å². The number of anilines is 1. The number of benzene rings is 3. The van der Waals surface area contributed by atoms with Crippen LogP contribution in [0.3, 0.4) is 0 Å². The molecule has 2 fully saturated rings. The number of morpholine rings is 1. The van der Waals surface area contributed by atoms with Gasteiger partial charge in [-0.1, -0.05) is 23.7 Å². The molecule has 0 radical (unpaired) electrons. The predicted molar refractivity (Wildman–Crippen MR) is 132 cm³/mol. The third kappa shape index (κ3) is 5.84. The van der Waals surface area contributed by atoms with E-state index < -0.39 is 30.0 Å². The molecule has 0 spiro atoms. The van der Waals surface area contributed by atoms with Gasteiger partial charge in [0.1, 0.15) is 23.6 Å². The average molecular weight is 533 g/mol. The molecule has 0 unspecified atom stereocenters. The Bertz CT molecular complexity index is 1230. The lowest BCUT2D eigenvalue weighted by Crippen LogP contribution is -2.43. The Labute approximate surface area is 217 Å². The Hall–Kier alpha value is -3.27. The van der Waals surface area contributed by atoms with Gasteiger partial charge in [-0.15, -0.1) is 0 Å². The lowest BCUT2D eigenvalue weighted by molar-refractivity contribution is -0.137. The monoisotopic (exact) mass is 532 g/mol. The molecule has 2 aliphatic rings. The summed E-state index contributed by atoms with van der Waals surface area (Å²) >= 11 is 5.92. The molecule has 2 saturated heterocycles. The predicted octanol–water partition coefficient (Wildman–Crippen LogP) is 6.55. The first-order valence-electron chi connectivity index (χ1n) is 11.8. The zero-order chi connectivity index (χ0) is 26.0. The number of hydrogen-bond acceptors (Lipinski definition) is 5. The number of carbonyl (C=O) groups excluding carboxylic acids is 1. The maximum absolute atomic E-state index is 13.5. The van der Waals surface area contributed by atoms with Crippen LogP contribution in [0.4, 0.5) is 23.7 Å². The molecule has 2 heterocycles. The van der Waals surface area contributed by atoms with E-state index in [0.717, 1.165) is 12.1 Å². The van der Waals surface area contributed by atoms with Gasteiger partial charge < -0.3 is 14.2 Å². The summed E-state index contributed by atoms with van der Waals surface area (Å²) in [5, 5.41) is 0.586. The normalized spacial score (nSPS) is 20.6. The van der Waals surface area contributed by atoms with E-state index in [2.05, 4.69) is 4.90 Å². The summed E-state index contributed by atoms with van der Waals surface area (Å²) in [6, 6.07) is 17.9. The van der Waals surface area contributed by atoms with Crippen molar-refractivity contribution in [1.82, 2.24) is 4.90 Å². The molecule has 6 nitrogen and oxygen atoms in total. The smallest absolute Gasteiger partial charge is 0.416 e. The van der Waals surface area contributed by atoms with Crippen molar-refractivity contribution in [1.29, 1.82) is 0 Å². The van der Waals surface area contributed by atoms with Gasteiger partial charge in [0.25, 0.3) is 0 Å². The molecule has 37 heavy (non-hydrogen) atoms. The van der Waals surface area contributed by atoms with Crippen molar-refractivity contribution in [3.05, 3.63) is 88.9 Å². The minimum absolute atomic E-state index is 0.348. The summed E-state index contributed by atoms with van der Waals surface area (Å²) in [5.74, 6) is 1.12.